The van der Waals surface area contributed by atoms with E-state index in [2.05, 4.69) is 0 Å². The molecule has 6 heavy (non-hydrogen) atoms. The third kappa shape index (κ3) is 236. The molecule has 0 aromatic heterocycles. The van der Waals surface area contributed by atoms with Gasteiger partial charge in [-0.3, -0.25) is 0 Å². The van der Waals surface area contributed by atoms with Crippen molar-refractivity contribution >= 4 is 0 Å². The van der Waals surface area contributed by atoms with Crippen molar-refractivity contribution in [1.82, 2.24) is 0 Å². The summed E-state index contributed by atoms with van der Waals surface area (Å²) >= 11 is 0. The van der Waals surface area contributed by atoms with Crippen molar-refractivity contribution in [2.24, 2.45) is 0 Å². The van der Waals surface area contributed by atoms with E-state index in [-0.39, 0.29) is 17.1 Å². The molecule has 0 saturated carbocycles. The van der Waals surface area contributed by atoms with Gasteiger partial charge >= 0.3 is 17.1 Å². The molecular formula is C4H9CuO. The Morgan fingerprint density at radius 2 is 1.17 bits per heavy atom. The first kappa shape index (κ1) is 9.70. The SMILES string of the molecule is CC(C)(C)[O-].[Cu+]. The van der Waals surface area contributed by atoms with Crippen LogP contribution in [0.1, 0.15) is 20.8 Å². The van der Waals surface area contributed by atoms with E-state index < -0.39 is 5.60 Å². The van der Waals surface area contributed by atoms with Crippen molar-refractivity contribution in [3.05, 3.63) is 0 Å². The normalized spacial score (nSPS) is 10.0. The quantitative estimate of drug-likeness (QED) is 0.435. The van der Waals surface area contributed by atoms with Crippen LogP contribution in [-0.2, 0) is 17.1 Å². The molecule has 0 saturated heterocycles. The predicted molar refractivity (Wildman–Crippen MR) is 19.8 cm³/mol. The summed E-state index contributed by atoms with van der Waals surface area (Å²) in [5, 5.41) is 10.1. The van der Waals surface area contributed by atoms with Gasteiger partial charge in [0.1, 0.15) is 0 Å². The Kier molecular flexibility index (Phi) is 4.23. The zero-order valence-corrected chi connectivity index (χ0v) is 5.15. The largest absolute Gasteiger partial charge is 1.00 e. The van der Waals surface area contributed by atoms with Crippen molar-refractivity contribution in [3.63, 3.8) is 0 Å². The topological polar surface area (TPSA) is 23.1 Å². The Morgan fingerprint density at radius 1 is 1.17 bits per heavy atom. The summed E-state index contributed by atoms with van der Waals surface area (Å²) in [4.78, 5) is 0. The maximum Gasteiger partial charge on any atom is 1.00 e. The van der Waals surface area contributed by atoms with Crippen molar-refractivity contribution < 1.29 is 22.2 Å². The molecule has 0 aromatic rings. The maximum atomic E-state index is 10.1. The maximum absolute atomic E-state index is 10.1. The molecule has 1 nitrogen and oxygen atoms in total. The molecule has 0 unspecified atom stereocenters. The van der Waals surface area contributed by atoms with Gasteiger partial charge in [-0.05, 0) is 0 Å². The van der Waals surface area contributed by atoms with Crippen LogP contribution in [-0.4, -0.2) is 5.60 Å². The monoisotopic (exact) mass is 136 g/mol. The van der Waals surface area contributed by atoms with Gasteiger partial charge in [-0.15, -0.1) is 5.60 Å². The summed E-state index contributed by atoms with van der Waals surface area (Å²) in [6.45, 7) is 4.90. The van der Waals surface area contributed by atoms with E-state index >= 15 is 0 Å². The summed E-state index contributed by atoms with van der Waals surface area (Å²) in [6.07, 6.45) is 0. The molecule has 0 aliphatic carbocycles. The van der Waals surface area contributed by atoms with Crippen LogP contribution < -0.4 is 5.11 Å². The smallest absolute Gasteiger partial charge is 0.850 e. The molecule has 0 fully saturated rings. The fourth-order valence-corrected chi connectivity index (χ4v) is 0. The predicted octanol–water partition coefficient (Wildman–Crippen LogP) is 0.143. The van der Waals surface area contributed by atoms with Crippen LogP contribution in [0.2, 0.25) is 0 Å². The van der Waals surface area contributed by atoms with Crippen LogP contribution in [0.4, 0.5) is 0 Å². The molecule has 0 heterocycles. The molecule has 42 valence electrons. The standard InChI is InChI=1S/C4H9O.Cu/c1-4(2,3)5;/h1-3H3;/q-1;+1. The van der Waals surface area contributed by atoms with E-state index in [1.807, 2.05) is 0 Å². The molecule has 0 rings (SSSR count). The minimum atomic E-state index is -0.750. The average Bonchev–Trinajstić information content (AvgIpc) is 0.722. The molecule has 0 aliphatic rings. The third-order valence-corrected chi connectivity index (χ3v) is 0. The second kappa shape index (κ2) is 2.62. The van der Waals surface area contributed by atoms with Gasteiger partial charge < -0.3 is 5.11 Å². The molecule has 0 spiro atoms. The van der Waals surface area contributed by atoms with Crippen LogP contribution >= 0.6 is 0 Å². The van der Waals surface area contributed by atoms with Crippen molar-refractivity contribution in [2.75, 3.05) is 0 Å². The minimum absolute atomic E-state index is 0. The van der Waals surface area contributed by atoms with Gasteiger partial charge in [0.25, 0.3) is 0 Å². The van der Waals surface area contributed by atoms with E-state index in [0.717, 1.165) is 0 Å². The Balaban J connectivity index is 0. The van der Waals surface area contributed by atoms with Gasteiger partial charge in [0.2, 0.25) is 0 Å². The molecule has 0 bridgehead atoms. The molecule has 0 atom stereocenters. The van der Waals surface area contributed by atoms with Gasteiger partial charge in [0.15, 0.2) is 0 Å². The van der Waals surface area contributed by atoms with Gasteiger partial charge in [0, 0.05) is 0 Å². The van der Waals surface area contributed by atoms with Crippen LogP contribution in [0.15, 0.2) is 0 Å². The van der Waals surface area contributed by atoms with E-state index in [0.29, 0.717) is 0 Å². The van der Waals surface area contributed by atoms with Gasteiger partial charge in [0.05, 0.1) is 0 Å². The van der Waals surface area contributed by atoms with Crippen LogP contribution in [0.5, 0.6) is 0 Å². The second-order valence-electron chi connectivity index (χ2n) is 2.11. The summed E-state index contributed by atoms with van der Waals surface area (Å²) in [7, 11) is 0. The van der Waals surface area contributed by atoms with Gasteiger partial charge in [-0.2, -0.15) is 0 Å². The van der Waals surface area contributed by atoms with Crippen LogP contribution in [0.3, 0.4) is 0 Å². The number of rotatable bonds is 0. The molecule has 0 aromatic carbocycles. The molecule has 0 radical (unpaired) electrons. The fraction of sp³-hybridized carbons (Fsp3) is 1.00. The first-order valence-corrected chi connectivity index (χ1v) is 1.70. The fourth-order valence-electron chi connectivity index (χ4n) is 0. The minimum Gasteiger partial charge on any atom is -0.850 e. The van der Waals surface area contributed by atoms with E-state index in [1.165, 1.54) is 0 Å². The van der Waals surface area contributed by atoms with Crippen molar-refractivity contribution in [1.29, 1.82) is 0 Å². The third-order valence-electron chi connectivity index (χ3n) is 0. The Bertz CT molecular complexity index is 23.0. The molecule has 0 amide bonds. The summed E-state index contributed by atoms with van der Waals surface area (Å²) in [6, 6.07) is 0. The van der Waals surface area contributed by atoms with Gasteiger partial charge in [-0.25, -0.2) is 0 Å². The molecule has 0 aliphatic heterocycles. The first-order valence-electron chi connectivity index (χ1n) is 1.70. The molecule has 2 heteroatoms. The Morgan fingerprint density at radius 3 is 1.17 bits per heavy atom. The first-order chi connectivity index (χ1) is 2.00. The number of hydrogen-bond acceptors (Lipinski definition) is 1. The second-order valence-corrected chi connectivity index (χ2v) is 2.11. The zero-order valence-electron chi connectivity index (χ0n) is 4.21. The van der Waals surface area contributed by atoms with E-state index in [4.69, 9.17) is 0 Å². The van der Waals surface area contributed by atoms with Crippen molar-refractivity contribution in [3.8, 4) is 0 Å². The van der Waals surface area contributed by atoms with E-state index in [9.17, 15) is 5.11 Å². The summed E-state index contributed by atoms with van der Waals surface area (Å²) in [5.41, 5.74) is -0.750. The summed E-state index contributed by atoms with van der Waals surface area (Å²) in [5.74, 6) is 0. The zero-order chi connectivity index (χ0) is 4.50. The Labute approximate surface area is 49.2 Å². The summed E-state index contributed by atoms with van der Waals surface area (Å²) < 4.78 is 0. The number of hydrogen-bond donors (Lipinski definition) is 0. The average molecular weight is 137 g/mol. The van der Waals surface area contributed by atoms with E-state index in [1.54, 1.807) is 20.8 Å². The van der Waals surface area contributed by atoms with Crippen molar-refractivity contribution in [2.45, 2.75) is 26.4 Å². The van der Waals surface area contributed by atoms with Gasteiger partial charge in [-0.1, -0.05) is 20.8 Å². The molecule has 0 N–H and O–H groups in total. The molecular weight excluding hydrogens is 128 g/mol. The van der Waals surface area contributed by atoms with Crippen LogP contribution in [0.25, 0.3) is 0 Å². The van der Waals surface area contributed by atoms with Crippen LogP contribution in [0, 0.1) is 0 Å². The Hall–Kier alpha value is 0.479.